The Hall–Kier alpha value is -3.24. The summed E-state index contributed by atoms with van der Waals surface area (Å²) in [7, 11) is 0. The molecular weight excluding hydrogens is 514 g/mol. The van der Waals surface area contributed by atoms with Crippen molar-refractivity contribution >= 4 is 23.3 Å². The van der Waals surface area contributed by atoms with Gasteiger partial charge in [-0.2, -0.15) is 0 Å². The Kier molecular flexibility index (Phi) is 8.18. The third-order valence-electron chi connectivity index (χ3n) is 6.66. The summed E-state index contributed by atoms with van der Waals surface area (Å²) in [5.74, 6) is 0.346. The summed E-state index contributed by atoms with van der Waals surface area (Å²) in [4.78, 5) is 41.4. The molecule has 1 fully saturated rings. The van der Waals surface area contributed by atoms with Gasteiger partial charge in [-0.25, -0.2) is 14.8 Å². The Morgan fingerprint density at radius 3 is 2.46 bits per heavy atom. The van der Waals surface area contributed by atoms with Crippen LogP contribution in [0.2, 0.25) is 0 Å². The van der Waals surface area contributed by atoms with Gasteiger partial charge in [0.05, 0.1) is 28.2 Å². The van der Waals surface area contributed by atoms with Crippen LogP contribution in [0.5, 0.6) is 0 Å². The second kappa shape index (κ2) is 11.1. The molecule has 0 radical (unpaired) electrons. The number of aryl methyl sites for hydroxylation is 1. The van der Waals surface area contributed by atoms with Crippen molar-refractivity contribution in [2.24, 2.45) is 5.41 Å². The van der Waals surface area contributed by atoms with Crippen LogP contribution in [-0.2, 0) is 16.0 Å². The second-order valence-electron chi connectivity index (χ2n) is 12.3. The van der Waals surface area contributed by atoms with Crippen LogP contribution >= 0.6 is 11.3 Å². The number of imidazole rings is 1. The number of nitrogens with zero attached hydrogens (tertiary/aromatic N) is 3. The minimum Gasteiger partial charge on any atom is -0.444 e. The quantitative estimate of drug-likeness (QED) is 0.395. The molecule has 0 bridgehead atoms. The van der Waals surface area contributed by atoms with Gasteiger partial charge >= 0.3 is 6.09 Å². The van der Waals surface area contributed by atoms with Crippen LogP contribution in [-0.4, -0.2) is 61.3 Å². The molecular formula is C29H39N5O4S. The molecule has 1 saturated heterocycles. The molecule has 1 aliphatic heterocycles. The molecule has 3 heterocycles. The number of likely N-dealkylation sites (tertiary alicyclic amines) is 1. The number of ether oxygens (including phenoxy) is 1. The number of thiazole rings is 1. The molecule has 2 amide bonds. The molecule has 210 valence electrons. The summed E-state index contributed by atoms with van der Waals surface area (Å²) in [5, 5.41) is 13.3. The van der Waals surface area contributed by atoms with E-state index in [4.69, 9.17) is 4.74 Å². The molecule has 3 N–H and O–H groups in total. The van der Waals surface area contributed by atoms with E-state index in [1.807, 2.05) is 33.2 Å². The van der Waals surface area contributed by atoms with Gasteiger partial charge in [0, 0.05) is 31.3 Å². The lowest BCUT2D eigenvalue weighted by Crippen LogP contribution is -2.55. The van der Waals surface area contributed by atoms with Crippen molar-refractivity contribution in [1.29, 1.82) is 0 Å². The van der Waals surface area contributed by atoms with Gasteiger partial charge < -0.3 is 25.0 Å². The number of hydrogen-bond acceptors (Lipinski definition) is 7. The number of rotatable bonds is 6. The highest BCUT2D eigenvalue weighted by molar-refractivity contribution is 7.13. The minimum atomic E-state index is -0.838. The van der Waals surface area contributed by atoms with Crippen molar-refractivity contribution in [3.63, 3.8) is 0 Å². The number of aliphatic hydroxyl groups excluding tert-OH is 1. The molecule has 2 aromatic heterocycles. The Morgan fingerprint density at radius 1 is 1.18 bits per heavy atom. The van der Waals surface area contributed by atoms with Crippen molar-refractivity contribution < 1.29 is 19.4 Å². The number of amides is 2. The third-order valence-corrected chi connectivity index (χ3v) is 7.63. The molecule has 3 aromatic rings. The van der Waals surface area contributed by atoms with Gasteiger partial charge in [0.15, 0.2) is 0 Å². The molecule has 9 nitrogen and oxygen atoms in total. The SMILES string of the molecule is Cc1ncsc1-c1ccc(Cc2cnc(C3C[C@@H](O)CN3C(=O)[C@@H](NC(=O)OC(C)(C)C)C(C)(C)C)[nH]2)cc1. The Labute approximate surface area is 234 Å². The lowest BCUT2D eigenvalue weighted by atomic mass is 9.85. The first-order valence-electron chi connectivity index (χ1n) is 13.2. The van der Waals surface area contributed by atoms with Gasteiger partial charge in [-0.15, -0.1) is 11.3 Å². The highest BCUT2D eigenvalue weighted by Gasteiger charge is 2.43. The molecule has 0 aliphatic carbocycles. The van der Waals surface area contributed by atoms with E-state index in [0.29, 0.717) is 18.7 Å². The second-order valence-corrected chi connectivity index (χ2v) is 13.1. The fourth-order valence-corrected chi connectivity index (χ4v) is 5.58. The summed E-state index contributed by atoms with van der Waals surface area (Å²) in [5.41, 5.74) is 4.81. The number of aromatic nitrogens is 3. The number of β-amino-alcohol motifs (C(OH)–C–C–N with tert-alkyl or cyclic N) is 1. The lowest BCUT2D eigenvalue weighted by molar-refractivity contribution is -0.137. The van der Waals surface area contributed by atoms with E-state index in [1.54, 1.807) is 43.2 Å². The zero-order valence-electron chi connectivity index (χ0n) is 23.7. The fraction of sp³-hybridized carbons (Fsp3) is 0.517. The van der Waals surface area contributed by atoms with E-state index >= 15 is 0 Å². The number of benzene rings is 1. The van der Waals surface area contributed by atoms with Gasteiger partial charge in [0.25, 0.3) is 0 Å². The lowest BCUT2D eigenvalue weighted by Gasteiger charge is -2.35. The molecule has 0 spiro atoms. The highest BCUT2D eigenvalue weighted by atomic mass is 32.1. The zero-order valence-corrected chi connectivity index (χ0v) is 24.6. The standard InChI is InChI=1S/C29H39N5O4S/c1-17-23(39-16-31-17)19-10-8-18(9-11-19)12-20-14-30-25(32-20)22-13-21(35)15-34(22)26(36)24(28(2,3)4)33-27(37)38-29(5,6)7/h8-11,14,16,21-22,24,35H,12-13,15H2,1-7H3,(H,30,32)(H,33,37)/t21-,22?,24-/m1/s1. The van der Waals surface area contributed by atoms with Crippen LogP contribution in [0, 0.1) is 12.3 Å². The van der Waals surface area contributed by atoms with E-state index in [2.05, 4.69) is 44.5 Å². The van der Waals surface area contributed by atoms with Crippen LogP contribution < -0.4 is 5.32 Å². The first kappa shape index (κ1) is 28.8. The normalized spacial score (nSPS) is 18.7. The molecule has 3 atom stereocenters. The van der Waals surface area contributed by atoms with Crippen molar-refractivity contribution in [3.8, 4) is 10.4 Å². The monoisotopic (exact) mass is 553 g/mol. The van der Waals surface area contributed by atoms with Crippen LogP contribution in [0.15, 0.2) is 36.0 Å². The fourth-order valence-electron chi connectivity index (χ4n) is 4.77. The molecule has 1 unspecified atom stereocenters. The van der Waals surface area contributed by atoms with Crippen molar-refractivity contribution in [3.05, 3.63) is 58.7 Å². The van der Waals surface area contributed by atoms with Crippen LogP contribution in [0.25, 0.3) is 10.4 Å². The predicted molar refractivity (Wildman–Crippen MR) is 151 cm³/mol. The average Bonchev–Trinajstić information content (AvgIpc) is 3.55. The zero-order chi connectivity index (χ0) is 28.5. The maximum absolute atomic E-state index is 13.8. The topological polar surface area (TPSA) is 120 Å². The summed E-state index contributed by atoms with van der Waals surface area (Å²) < 4.78 is 5.41. The minimum absolute atomic E-state index is 0.167. The summed E-state index contributed by atoms with van der Waals surface area (Å²) in [6, 6.07) is 7.13. The molecule has 4 rings (SSSR count). The Bertz CT molecular complexity index is 1300. The molecule has 1 aromatic carbocycles. The summed E-state index contributed by atoms with van der Waals surface area (Å²) in [6.45, 7) is 13.2. The maximum atomic E-state index is 13.8. The van der Waals surface area contributed by atoms with Crippen LogP contribution in [0.1, 0.15) is 76.8 Å². The number of nitrogens with one attached hydrogen (secondary N) is 2. The summed E-state index contributed by atoms with van der Waals surface area (Å²) >= 11 is 1.63. The molecule has 0 saturated carbocycles. The van der Waals surface area contributed by atoms with Crippen molar-refractivity contribution in [1.82, 2.24) is 25.2 Å². The van der Waals surface area contributed by atoms with E-state index in [-0.39, 0.29) is 12.5 Å². The van der Waals surface area contributed by atoms with Gasteiger partial charge in [-0.05, 0) is 44.2 Å². The predicted octanol–water partition coefficient (Wildman–Crippen LogP) is 5.01. The average molecular weight is 554 g/mol. The molecule has 10 heteroatoms. The molecule has 39 heavy (non-hydrogen) atoms. The number of carbonyl (C=O) groups excluding carboxylic acids is 2. The van der Waals surface area contributed by atoms with Gasteiger partial charge in [0.1, 0.15) is 17.5 Å². The van der Waals surface area contributed by atoms with E-state index in [0.717, 1.165) is 22.5 Å². The van der Waals surface area contributed by atoms with E-state index < -0.39 is 35.3 Å². The smallest absolute Gasteiger partial charge is 0.408 e. The summed E-state index contributed by atoms with van der Waals surface area (Å²) in [6.07, 6.45) is 1.47. The maximum Gasteiger partial charge on any atom is 0.408 e. The van der Waals surface area contributed by atoms with Crippen LogP contribution in [0.4, 0.5) is 4.79 Å². The largest absolute Gasteiger partial charge is 0.444 e. The van der Waals surface area contributed by atoms with Gasteiger partial charge in [-0.3, -0.25) is 4.79 Å². The number of alkyl carbamates (subject to hydrolysis) is 1. The number of carbonyl (C=O) groups is 2. The Balaban J connectivity index is 1.49. The third kappa shape index (κ3) is 7.05. The van der Waals surface area contributed by atoms with E-state index in [1.165, 1.54) is 4.88 Å². The van der Waals surface area contributed by atoms with Crippen molar-refractivity contribution in [2.75, 3.05) is 6.54 Å². The highest BCUT2D eigenvalue weighted by Crippen LogP contribution is 2.34. The van der Waals surface area contributed by atoms with Gasteiger partial charge in [-0.1, -0.05) is 45.0 Å². The first-order valence-corrected chi connectivity index (χ1v) is 14.1. The molecule has 1 aliphatic rings. The van der Waals surface area contributed by atoms with Crippen molar-refractivity contribution in [2.45, 2.75) is 85.1 Å². The number of H-pyrrole nitrogens is 1. The van der Waals surface area contributed by atoms with Crippen LogP contribution in [0.3, 0.4) is 0 Å². The number of hydrogen-bond donors (Lipinski definition) is 3. The van der Waals surface area contributed by atoms with E-state index in [9.17, 15) is 14.7 Å². The Morgan fingerprint density at radius 2 is 1.87 bits per heavy atom. The number of aromatic amines is 1. The number of aliphatic hydroxyl groups is 1. The van der Waals surface area contributed by atoms with Gasteiger partial charge in [0.2, 0.25) is 5.91 Å². The first-order chi connectivity index (χ1) is 18.2.